The van der Waals surface area contributed by atoms with Gasteiger partial charge in [0.2, 0.25) is 0 Å². The van der Waals surface area contributed by atoms with Gasteiger partial charge in [-0.3, -0.25) is 0 Å². The molecule has 0 unspecified atom stereocenters. The van der Waals surface area contributed by atoms with Gasteiger partial charge in [0.25, 0.3) is 0 Å². The van der Waals surface area contributed by atoms with Crippen LogP contribution in [0.15, 0.2) is 255 Å². The normalized spacial score (nSPS) is 11.3. The Hall–Kier alpha value is -10.0. The van der Waals surface area contributed by atoms with Crippen LogP contribution in [0.25, 0.3) is 122 Å². The highest BCUT2D eigenvalue weighted by Gasteiger charge is 2.32. The molecule has 0 aliphatic rings. The lowest BCUT2D eigenvalue weighted by molar-refractivity contribution is 1.13. The molecule has 0 N–H and O–H groups in total. The van der Waals surface area contributed by atoms with Gasteiger partial charge in [-0.2, -0.15) is 10.5 Å². The van der Waals surface area contributed by atoms with E-state index < -0.39 is 0 Å². The van der Waals surface area contributed by atoms with Gasteiger partial charge in [0.15, 0.2) is 0 Å². The molecule has 0 bridgehead atoms. The summed E-state index contributed by atoms with van der Waals surface area (Å²) in [6.45, 7) is 0. The van der Waals surface area contributed by atoms with E-state index in [0.29, 0.717) is 16.8 Å². The number of rotatable bonds is 8. The van der Waals surface area contributed by atoms with E-state index >= 15 is 0 Å². The van der Waals surface area contributed by atoms with Crippen molar-refractivity contribution in [3.63, 3.8) is 0 Å². The topological polar surface area (TPSA) is 57.4 Å². The van der Waals surface area contributed by atoms with Crippen molar-refractivity contribution in [2.75, 3.05) is 0 Å². The highest BCUT2D eigenvalue weighted by molar-refractivity contribution is 6.15. The maximum atomic E-state index is 12.1. The molecule has 11 aromatic carbocycles. The largest absolute Gasteiger partial charge is 0.308 e. The number of hydrogen-bond acceptors (Lipinski definition) is 2. The van der Waals surface area contributed by atoms with E-state index in [-0.39, 0.29) is 0 Å². The predicted octanol–water partition coefficient (Wildman–Crippen LogP) is 17.6. The molecule has 0 aliphatic carbocycles. The SMILES string of the molecule is N#Cc1c(-c2ccccc2)c(-n2c3ccc(-c4ccccc4)cc3c3cc(-c4ccccc4)ccc32)c(-c2ccccc2)c(C#N)c1-n1c2ccc(-c3ccccc3)cc2c2cc(-c3ccccc3)ccc21. The molecule has 0 saturated carbocycles. The van der Waals surface area contributed by atoms with Crippen LogP contribution in [0.3, 0.4) is 0 Å². The van der Waals surface area contributed by atoms with Crippen LogP contribution in [0.5, 0.6) is 0 Å². The Morgan fingerprint density at radius 3 is 0.722 bits per heavy atom. The fourth-order valence-corrected chi connectivity index (χ4v) is 10.9. The second-order valence-corrected chi connectivity index (χ2v) is 18.2. The van der Waals surface area contributed by atoms with Crippen molar-refractivity contribution >= 4 is 43.6 Å². The zero-order valence-electron chi connectivity index (χ0n) is 39.0. The number of benzene rings is 11. The van der Waals surface area contributed by atoms with Crippen LogP contribution in [-0.2, 0) is 0 Å². The smallest absolute Gasteiger partial charge is 0.102 e. The fraction of sp³-hybridized carbons (Fsp3) is 0. The summed E-state index contributed by atoms with van der Waals surface area (Å²) in [6, 6.07) is 94.4. The molecule has 0 atom stereocenters. The lowest BCUT2D eigenvalue weighted by atomic mass is 9.86. The Morgan fingerprint density at radius 1 is 0.236 bits per heavy atom. The summed E-state index contributed by atoms with van der Waals surface area (Å²) in [5.74, 6) is 0. The van der Waals surface area contributed by atoms with Gasteiger partial charge in [0.1, 0.15) is 12.1 Å². The standard InChI is InChI=1S/C68H42N4/c69-43-59-65(49-27-15-5-16-28-49)68(72-63-37-33-53(47-23-11-3-12-24-47)41-57(63)58-42-54(34-38-64(58)72)48-25-13-4-14-26-48)66(50-29-17-6-18-30-50)60(44-70)67(59)71-61-35-31-51(45-19-7-1-8-20-45)39-55(61)56-40-52(32-36-62(56)71)46-21-9-2-10-22-46/h1-42H. The minimum absolute atomic E-state index is 0.405. The molecule has 0 fully saturated rings. The summed E-state index contributed by atoms with van der Waals surface area (Å²) in [5.41, 5.74) is 17.8. The van der Waals surface area contributed by atoms with Crippen molar-refractivity contribution in [2.24, 2.45) is 0 Å². The van der Waals surface area contributed by atoms with Gasteiger partial charge in [0.05, 0.1) is 44.6 Å². The molecule has 334 valence electrons. The first-order valence-corrected chi connectivity index (χ1v) is 24.2. The highest BCUT2D eigenvalue weighted by atomic mass is 15.0. The Balaban J connectivity index is 1.20. The maximum Gasteiger partial charge on any atom is 0.102 e. The van der Waals surface area contributed by atoms with Crippen LogP contribution in [-0.4, -0.2) is 9.13 Å². The fourth-order valence-electron chi connectivity index (χ4n) is 10.9. The Labute approximate surface area is 417 Å². The molecule has 13 aromatic rings. The summed E-state index contributed by atoms with van der Waals surface area (Å²) in [7, 11) is 0. The third-order valence-corrected chi connectivity index (χ3v) is 14.2. The molecule has 0 radical (unpaired) electrons. The number of nitriles is 2. The Morgan fingerprint density at radius 2 is 0.472 bits per heavy atom. The van der Waals surface area contributed by atoms with Crippen LogP contribution < -0.4 is 0 Å². The molecule has 4 nitrogen and oxygen atoms in total. The number of nitrogens with zero attached hydrogens (tertiary/aromatic N) is 4. The third kappa shape index (κ3) is 6.90. The third-order valence-electron chi connectivity index (χ3n) is 14.2. The summed E-state index contributed by atoms with van der Waals surface area (Å²) >= 11 is 0. The Bertz CT molecular complexity index is 4020. The van der Waals surface area contributed by atoms with Crippen LogP contribution in [0, 0.1) is 22.7 Å². The summed E-state index contributed by atoms with van der Waals surface area (Å²) in [4.78, 5) is 0. The maximum absolute atomic E-state index is 12.1. The van der Waals surface area contributed by atoms with Gasteiger partial charge in [-0.25, -0.2) is 0 Å². The average Bonchev–Trinajstić information content (AvgIpc) is 3.96. The first-order valence-electron chi connectivity index (χ1n) is 24.2. The molecular formula is C68H42N4. The second-order valence-electron chi connectivity index (χ2n) is 18.2. The molecule has 0 saturated heterocycles. The van der Waals surface area contributed by atoms with Crippen LogP contribution >= 0.6 is 0 Å². The number of hydrogen-bond donors (Lipinski definition) is 0. The predicted molar refractivity (Wildman–Crippen MR) is 297 cm³/mol. The van der Waals surface area contributed by atoms with E-state index in [1.54, 1.807) is 0 Å². The van der Waals surface area contributed by atoms with Crippen LogP contribution in [0.2, 0.25) is 0 Å². The Kier molecular flexibility index (Phi) is 10.2. The highest BCUT2D eigenvalue weighted by Crippen LogP contribution is 2.50. The summed E-state index contributed by atoms with van der Waals surface area (Å²) in [6.07, 6.45) is 0. The van der Waals surface area contributed by atoms with Crippen LogP contribution in [0.4, 0.5) is 0 Å². The molecule has 0 spiro atoms. The minimum Gasteiger partial charge on any atom is -0.308 e. The number of aromatic nitrogens is 2. The second kappa shape index (κ2) is 17.5. The summed E-state index contributed by atoms with van der Waals surface area (Å²) in [5, 5.41) is 28.3. The van der Waals surface area contributed by atoms with Crippen molar-refractivity contribution in [3.05, 3.63) is 266 Å². The van der Waals surface area contributed by atoms with E-state index in [4.69, 9.17) is 0 Å². The van der Waals surface area contributed by atoms with E-state index in [9.17, 15) is 10.5 Å². The van der Waals surface area contributed by atoms with Gasteiger partial charge in [-0.1, -0.05) is 206 Å². The average molecular weight is 915 g/mol. The molecule has 0 amide bonds. The minimum atomic E-state index is 0.405. The van der Waals surface area contributed by atoms with Gasteiger partial charge in [0, 0.05) is 32.7 Å². The zero-order chi connectivity index (χ0) is 48.1. The van der Waals surface area contributed by atoms with Gasteiger partial charge in [-0.05, 0) is 104 Å². The van der Waals surface area contributed by atoms with Crippen molar-refractivity contribution < 1.29 is 0 Å². The van der Waals surface area contributed by atoms with Crippen LogP contribution in [0.1, 0.15) is 11.1 Å². The summed E-state index contributed by atoms with van der Waals surface area (Å²) < 4.78 is 4.49. The van der Waals surface area contributed by atoms with Crippen molar-refractivity contribution in [2.45, 2.75) is 0 Å². The molecule has 4 heteroatoms. The van der Waals surface area contributed by atoms with E-state index in [0.717, 1.165) is 116 Å². The van der Waals surface area contributed by atoms with Crippen molar-refractivity contribution in [3.8, 4) is 90.3 Å². The van der Waals surface area contributed by atoms with E-state index in [2.05, 4.69) is 215 Å². The first-order chi connectivity index (χ1) is 35.7. The molecule has 2 aromatic heterocycles. The van der Waals surface area contributed by atoms with Gasteiger partial charge < -0.3 is 9.13 Å². The van der Waals surface area contributed by atoms with Gasteiger partial charge in [-0.15, -0.1) is 0 Å². The monoisotopic (exact) mass is 914 g/mol. The molecule has 2 heterocycles. The first kappa shape index (κ1) is 42.1. The molecule has 72 heavy (non-hydrogen) atoms. The lowest BCUT2D eigenvalue weighted by Gasteiger charge is -2.25. The molecule has 0 aliphatic heterocycles. The molecule has 13 rings (SSSR count). The lowest BCUT2D eigenvalue weighted by Crippen LogP contribution is -2.11. The van der Waals surface area contributed by atoms with E-state index in [1.807, 2.05) is 60.7 Å². The van der Waals surface area contributed by atoms with Gasteiger partial charge >= 0.3 is 0 Å². The van der Waals surface area contributed by atoms with E-state index in [1.165, 1.54) is 0 Å². The van der Waals surface area contributed by atoms with Crippen molar-refractivity contribution in [1.82, 2.24) is 9.13 Å². The number of fused-ring (bicyclic) bond motifs is 6. The van der Waals surface area contributed by atoms with Crippen molar-refractivity contribution in [1.29, 1.82) is 10.5 Å². The zero-order valence-corrected chi connectivity index (χ0v) is 39.0. The quantitative estimate of drug-likeness (QED) is 0.152. The molecular weight excluding hydrogens is 873 g/mol.